The molecule has 1 heterocycles. The Morgan fingerprint density at radius 1 is 1.59 bits per heavy atom. The number of sulfonamides is 1. The maximum atomic E-state index is 12.6. The molecular weight excluding hydrogens is 256 g/mol. The predicted octanol–water partition coefficient (Wildman–Crippen LogP) is 0.547. The van der Waals surface area contributed by atoms with Gasteiger partial charge in [0.25, 0.3) is 16.4 Å². The molecule has 0 atom stereocenters. The van der Waals surface area contributed by atoms with Crippen molar-refractivity contribution in [3.8, 4) is 11.9 Å². The van der Waals surface area contributed by atoms with E-state index in [2.05, 4.69) is 9.72 Å². The second-order valence-corrected chi connectivity index (χ2v) is 4.37. The van der Waals surface area contributed by atoms with Crippen LogP contribution in [0.2, 0.25) is 0 Å². The van der Waals surface area contributed by atoms with E-state index in [-0.39, 0.29) is 11.4 Å². The smallest absolute Gasteiger partial charge is 0.266 e. The zero-order valence-electron chi connectivity index (χ0n) is 8.52. The summed E-state index contributed by atoms with van der Waals surface area (Å²) in [6.45, 7) is 0. The molecule has 0 aromatic carbocycles. The lowest BCUT2D eigenvalue weighted by Crippen LogP contribution is -2.17. The first-order chi connectivity index (χ1) is 7.81. The number of rotatable bonds is 3. The van der Waals surface area contributed by atoms with Crippen LogP contribution in [0.25, 0.3) is 0 Å². The third-order valence-corrected chi connectivity index (χ3v) is 2.66. The summed E-state index contributed by atoms with van der Waals surface area (Å²) < 4.78 is 51.9. The Kier molecular flexibility index (Phi) is 3.59. The lowest BCUT2D eigenvalue weighted by Gasteiger charge is -2.09. The van der Waals surface area contributed by atoms with Gasteiger partial charge in [0, 0.05) is 0 Å². The fraction of sp³-hybridized carbons (Fsp3) is 0.250. The van der Waals surface area contributed by atoms with E-state index in [0.29, 0.717) is 6.07 Å². The average molecular weight is 263 g/mol. The highest BCUT2D eigenvalue weighted by Gasteiger charge is 2.25. The van der Waals surface area contributed by atoms with Crippen molar-refractivity contribution >= 4 is 10.0 Å². The maximum absolute atomic E-state index is 12.6. The zero-order valence-corrected chi connectivity index (χ0v) is 9.33. The largest absolute Gasteiger partial charge is 0.480 e. The minimum Gasteiger partial charge on any atom is -0.480 e. The SMILES string of the molecule is COc1nc(S(N)(=O)=O)c(C(F)F)cc1C#N. The minimum absolute atomic E-state index is 0.296. The number of nitriles is 1. The zero-order chi connectivity index (χ0) is 13.2. The summed E-state index contributed by atoms with van der Waals surface area (Å²) in [7, 11) is -3.29. The molecule has 0 saturated heterocycles. The summed E-state index contributed by atoms with van der Waals surface area (Å²) >= 11 is 0. The molecule has 0 aliphatic rings. The van der Waals surface area contributed by atoms with E-state index in [1.54, 1.807) is 6.07 Å². The van der Waals surface area contributed by atoms with Crippen LogP contribution in [-0.4, -0.2) is 20.5 Å². The number of hydrogen-bond acceptors (Lipinski definition) is 5. The minimum atomic E-state index is -4.42. The third kappa shape index (κ3) is 2.66. The molecule has 0 saturated carbocycles. The van der Waals surface area contributed by atoms with E-state index in [4.69, 9.17) is 10.4 Å². The van der Waals surface area contributed by atoms with E-state index >= 15 is 0 Å². The van der Waals surface area contributed by atoms with Crippen molar-refractivity contribution in [1.82, 2.24) is 4.98 Å². The van der Waals surface area contributed by atoms with Gasteiger partial charge in [-0.25, -0.2) is 22.3 Å². The van der Waals surface area contributed by atoms with Crippen LogP contribution in [0.5, 0.6) is 5.88 Å². The van der Waals surface area contributed by atoms with Crippen LogP contribution in [-0.2, 0) is 10.0 Å². The molecule has 0 amide bonds. The summed E-state index contributed by atoms with van der Waals surface area (Å²) in [6.07, 6.45) is -3.12. The Balaban J connectivity index is 3.65. The second-order valence-electron chi connectivity index (χ2n) is 2.90. The Morgan fingerprint density at radius 3 is 2.53 bits per heavy atom. The van der Waals surface area contributed by atoms with Gasteiger partial charge in [0.2, 0.25) is 5.88 Å². The number of pyridine rings is 1. The molecule has 0 spiro atoms. The van der Waals surface area contributed by atoms with Crippen LogP contribution in [0.3, 0.4) is 0 Å². The summed E-state index contributed by atoms with van der Waals surface area (Å²) in [5.74, 6) is -0.374. The van der Waals surface area contributed by atoms with Crippen LogP contribution >= 0.6 is 0 Å². The quantitative estimate of drug-likeness (QED) is 0.856. The number of hydrogen-bond donors (Lipinski definition) is 1. The highest BCUT2D eigenvalue weighted by molar-refractivity contribution is 7.89. The van der Waals surface area contributed by atoms with Crippen LogP contribution in [0.1, 0.15) is 17.6 Å². The molecule has 6 nitrogen and oxygen atoms in total. The van der Waals surface area contributed by atoms with Crippen LogP contribution in [0.4, 0.5) is 8.78 Å². The first kappa shape index (κ1) is 13.3. The van der Waals surface area contributed by atoms with Crippen LogP contribution in [0.15, 0.2) is 11.1 Å². The number of ether oxygens (including phenoxy) is 1. The van der Waals surface area contributed by atoms with Gasteiger partial charge < -0.3 is 4.74 Å². The first-order valence-electron chi connectivity index (χ1n) is 4.11. The molecule has 0 radical (unpaired) electrons. The van der Waals surface area contributed by atoms with Gasteiger partial charge in [0.05, 0.1) is 12.7 Å². The van der Waals surface area contributed by atoms with Crippen molar-refractivity contribution in [2.75, 3.05) is 7.11 Å². The fourth-order valence-electron chi connectivity index (χ4n) is 1.12. The number of nitrogens with zero attached hydrogens (tertiary/aromatic N) is 2. The van der Waals surface area contributed by atoms with Gasteiger partial charge in [0.1, 0.15) is 11.6 Å². The van der Waals surface area contributed by atoms with E-state index in [0.717, 1.165) is 7.11 Å². The molecule has 1 aromatic rings. The Morgan fingerprint density at radius 2 is 2.18 bits per heavy atom. The van der Waals surface area contributed by atoms with E-state index < -0.39 is 27.0 Å². The van der Waals surface area contributed by atoms with E-state index in [9.17, 15) is 17.2 Å². The number of nitrogens with two attached hydrogens (primary N) is 1. The lowest BCUT2D eigenvalue weighted by atomic mass is 10.2. The van der Waals surface area contributed by atoms with Gasteiger partial charge in [-0.2, -0.15) is 10.2 Å². The van der Waals surface area contributed by atoms with Gasteiger partial charge in [0.15, 0.2) is 5.03 Å². The standard InChI is InChI=1S/C8H7F2N3O3S/c1-16-7-4(3-11)2-5(6(9)10)8(13-7)17(12,14)15/h2,6H,1H3,(H2,12,14,15). The Bertz CT molecular complexity index is 580. The fourth-order valence-corrected chi connectivity index (χ4v) is 1.80. The molecule has 0 unspecified atom stereocenters. The van der Waals surface area contributed by atoms with Gasteiger partial charge >= 0.3 is 0 Å². The van der Waals surface area contributed by atoms with Crippen molar-refractivity contribution < 1.29 is 21.9 Å². The highest BCUT2D eigenvalue weighted by atomic mass is 32.2. The summed E-state index contributed by atoms with van der Waals surface area (Å²) in [4.78, 5) is 3.32. The summed E-state index contributed by atoms with van der Waals surface area (Å²) in [5.41, 5.74) is -1.22. The molecule has 1 aromatic heterocycles. The van der Waals surface area contributed by atoms with Crippen molar-refractivity contribution in [2.45, 2.75) is 11.5 Å². The van der Waals surface area contributed by atoms with E-state index in [1.165, 1.54) is 0 Å². The highest BCUT2D eigenvalue weighted by Crippen LogP contribution is 2.28. The van der Waals surface area contributed by atoms with E-state index in [1.807, 2.05) is 0 Å². The van der Waals surface area contributed by atoms with Crippen molar-refractivity contribution in [3.05, 3.63) is 17.2 Å². The normalized spacial score (nSPS) is 11.3. The van der Waals surface area contributed by atoms with Crippen molar-refractivity contribution in [2.24, 2.45) is 5.14 Å². The number of primary sulfonamides is 1. The third-order valence-electron chi connectivity index (χ3n) is 1.80. The lowest BCUT2D eigenvalue weighted by molar-refractivity contribution is 0.146. The number of alkyl halides is 2. The average Bonchev–Trinajstić information content (AvgIpc) is 2.25. The van der Waals surface area contributed by atoms with Gasteiger partial charge in [-0.1, -0.05) is 0 Å². The summed E-state index contributed by atoms with van der Waals surface area (Å²) in [5, 5.41) is 12.4. The van der Waals surface area contributed by atoms with Crippen LogP contribution in [0, 0.1) is 11.3 Å². The van der Waals surface area contributed by atoms with Crippen molar-refractivity contribution in [3.63, 3.8) is 0 Å². The maximum Gasteiger partial charge on any atom is 0.266 e. The number of halogens is 2. The topological polar surface area (TPSA) is 106 Å². The van der Waals surface area contributed by atoms with Gasteiger partial charge in [-0.3, -0.25) is 0 Å². The Labute approximate surface area is 95.7 Å². The molecule has 92 valence electrons. The molecule has 9 heteroatoms. The molecule has 2 N–H and O–H groups in total. The van der Waals surface area contributed by atoms with Gasteiger partial charge in [-0.05, 0) is 6.07 Å². The molecule has 0 bridgehead atoms. The molecule has 17 heavy (non-hydrogen) atoms. The molecule has 0 aliphatic carbocycles. The number of methoxy groups -OCH3 is 1. The van der Waals surface area contributed by atoms with Crippen molar-refractivity contribution in [1.29, 1.82) is 5.26 Å². The monoisotopic (exact) mass is 263 g/mol. The molecular formula is C8H7F2N3O3S. The van der Waals surface area contributed by atoms with Gasteiger partial charge in [-0.15, -0.1) is 0 Å². The second kappa shape index (κ2) is 4.60. The summed E-state index contributed by atoms with van der Waals surface area (Å²) in [6, 6.07) is 2.25. The van der Waals surface area contributed by atoms with Crippen LogP contribution < -0.4 is 9.88 Å². The molecule has 1 rings (SSSR count). The predicted molar refractivity (Wildman–Crippen MR) is 51.8 cm³/mol. The molecule has 0 fully saturated rings. The first-order valence-corrected chi connectivity index (χ1v) is 5.66. The Hall–Kier alpha value is -1.79. The number of aromatic nitrogens is 1. The molecule has 0 aliphatic heterocycles.